The maximum absolute atomic E-state index is 14.2. The van der Waals surface area contributed by atoms with E-state index in [9.17, 15) is 19.5 Å². The van der Waals surface area contributed by atoms with Gasteiger partial charge in [0.05, 0.1) is 23.7 Å². The van der Waals surface area contributed by atoms with Crippen LogP contribution in [0.5, 0.6) is 0 Å². The molecular formula is C41H51N5O4S. The molecule has 3 amide bonds. The first kappa shape index (κ1) is 38.0. The van der Waals surface area contributed by atoms with Gasteiger partial charge in [0.25, 0.3) is 5.91 Å². The second kappa shape index (κ2) is 17.3. The van der Waals surface area contributed by atoms with Crippen LogP contribution in [-0.2, 0) is 16.0 Å². The SMILES string of the molecule is CC(C)[C@H](NC(=O)c1ccc2ccccc2n1)C(=O)N[C@@H](Cc1ccccc1)[C@H](O)CN(C(=O)[C@@H]1C[C@H](Sc2ccccc2)CCN1)C(C)(C)C. The molecule has 0 aliphatic carbocycles. The van der Waals surface area contributed by atoms with Gasteiger partial charge in [0, 0.05) is 27.6 Å². The lowest BCUT2D eigenvalue weighted by atomic mass is 9.95. The van der Waals surface area contributed by atoms with Gasteiger partial charge in [-0.1, -0.05) is 86.6 Å². The van der Waals surface area contributed by atoms with Gasteiger partial charge in [0.15, 0.2) is 0 Å². The second-order valence-electron chi connectivity index (χ2n) is 14.7. The van der Waals surface area contributed by atoms with E-state index < -0.39 is 41.6 Å². The fraction of sp³-hybridized carbons (Fsp3) is 0.415. The molecule has 5 rings (SSSR count). The highest BCUT2D eigenvalue weighted by atomic mass is 32.2. The number of carbonyl (C=O) groups excluding carboxylic acids is 3. The third-order valence-corrected chi connectivity index (χ3v) is 10.6. The molecule has 1 aromatic heterocycles. The molecule has 10 heteroatoms. The van der Waals surface area contributed by atoms with Crippen molar-refractivity contribution in [3.05, 3.63) is 108 Å². The smallest absolute Gasteiger partial charge is 0.270 e. The van der Waals surface area contributed by atoms with Crippen molar-refractivity contribution in [3.8, 4) is 0 Å². The molecule has 3 aromatic carbocycles. The van der Waals surface area contributed by atoms with Gasteiger partial charge in [0.1, 0.15) is 11.7 Å². The Bertz CT molecular complexity index is 1760. The number of benzene rings is 3. The highest BCUT2D eigenvalue weighted by Gasteiger charge is 2.38. The Hall–Kier alpha value is -4.25. The molecule has 4 aromatic rings. The average molecular weight is 710 g/mol. The number of thioether (sulfide) groups is 1. The van der Waals surface area contributed by atoms with Crippen LogP contribution in [0.2, 0.25) is 0 Å². The number of carbonyl (C=O) groups is 3. The maximum atomic E-state index is 14.2. The quantitative estimate of drug-likeness (QED) is 0.142. The summed E-state index contributed by atoms with van der Waals surface area (Å²) in [6.07, 6.45) is 0.869. The van der Waals surface area contributed by atoms with Crippen LogP contribution in [0.3, 0.4) is 0 Å². The van der Waals surface area contributed by atoms with E-state index in [2.05, 4.69) is 33.1 Å². The Labute approximate surface area is 306 Å². The number of amides is 3. The topological polar surface area (TPSA) is 124 Å². The van der Waals surface area contributed by atoms with Crippen LogP contribution in [0.15, 0.2) is 102 Å². The largest absolute Gasteiger partial charge is 0.389 e. The minimum absolute atomic E-state index is 0.0223. The number of piperidine rings is 1. The number of pyridine rings is 1. The van der Waals surface area contributed by atoms with Gasteiger partial charge in [-0.15, -0.1) is 11.8 Å². The maximum Gasteiger partial charge on any atom is 0.270 e. The minimum Gasteiger partial charge on any atom is -0.389 e. The molecule has 51 heavy (non-hydrogen) atoms. The van der Waals surface area contributed by atoms with Gasteiger partial charge in [-0.3, -0.25) is 14.4 Å². The summed E-state index contributed by atoms with van der Waals surface area (Å²) in [5.74, 6) is -1.19. The first-order valence-electron chi connectivity index (χ1n) is 17.8. The number of aliphatic hydroxyl groups excluding tert-OH is 1. The zero-order chi connectivity index (χ0) is 36.5. The van der Waals surface area contributed by atoms with E-state index >= 15 is 0 Å². The van der Waals surface area contributed by atoms with Crippen molar-refractivity contribution >= 4 is 40.4 Å². The summed E-state index contributed by atoms with van der Waals surface area (Å²) in [4.78, 5) is 49.0. The number of hydrogen-bond acceptors (Lipinski definition) is 7. The van der Waals surface area contributed by atoms with Gasteiger partial charge >= 0.3 is 0 Å². The number of nitrogens with zero attached hydrogens (tertiary/aromatic N) is 2. The van der Waals surface area contributed by atoms with E-state index in [1.54, 1.807) is 22.7 Å². The number of para-hydroxylation sites is 1. The molecule has 1 saturated heterocycles. The molecule has 0 unspecified atom stereocenters. The van der Waals surface area contributed by atoms with Crippen LogP contribution in [0.4, 0.5) is 0 Å². The first-order valence-corrected chi connectivity index (χ1v) is 18.7. The zero-order valence-electron chi connectivity index (χ0n) is 30.2. The molecule has 4 N–H and O–H groups in total. The van der Waals surface area contributed by atoms with E-state index in [-0.39, 0.29) is 29.3 Å². The predicted octanol–water partition coefficient (Wildman–Crippen LogP) is 5.62. The number of rotatable bonds is 13. The Morgan fingerprint density at radius 2 is 1.59 bits per heavy atom. The molecule has 9 nitrogen and oxygen atoms in total. The lowest BCUT2D eigenvalue weighted by molar-refractivity contribution is -0.141. The Morgan fingerprint density at radius 1 is 0.922 bits per heavy atom. The van der Waals surface area contributed by atoms with Crippen LogP contribution in [-0.4, -0.2) is 80.8 Å². The van der Waals surface area contributed by atoms with Crippen molar-refractivity contribution in [2.24, 2.45) is 5.92 Å². The summed E-state index contributed by atoms with van der Waals surface area (Å²) in [6.45, 7) is 10.4. The lowest BCUT2D eigenvalue weighted by Gasteiger charge is -2.42. The fourth-order valence-electron chi connectivity index (χ4n) is 6.43. The van der Waals surface area contributed by atoms with E-state index in [1.165, 1.54) is 4.90 Å². The monoisotopic (exact) mass is 709 g/mol. The van der Waals surface area contributed by atoms with Crippen molar-refractivity contribution in [3.63, 3.8) is 0 Å². The molecule has 1 aliphatic rings. The molecule has 1 aliphatic heterocycles. The summed E-state index contributed by atoms with van der Waals surface area (Å²) in [5.41, 5.74) is 1.24. The summed E-state index contributed by atoms with van der Waals surface area (Å²) in [5, 5.41) is 22.5. The normalized spacial score (nSPS) is 18.1. The Morgan fingerprint density at radius 3 is 2.27 bits per heavy atom. The molecule has 2 heterocycles. The number of aromatic nitrogens is 1. The van der Waals surface area contributed by atoms with Crippen LogP contribution in [0.25, 0.3) is 10.9 Å². The molecule has 0 radical (unpaired) electrons. The van der Waals surface area contributed by atoms with E-state index in [0.29, 0.717) is 18.4 Å². The molecule has 0 bridgehead atoms. The number of hydrogen-bond donors (Lipinski definition) is 4. The van der Waals surface area contributed by atoms with Crippen molar-refractivity contribution in [1.82, 2.24) is 25.8 Å². The van der Waals surface area contributed by atoms with E-state index in [1.807, 2.05) is 113 Å². The van der Waals surface area contributed by atoms with Crippen molar-refractivity contribution < 1.29 is 19.5 Å². The second-order valence-corrected chi connectivity index (χ2v) is 16.0. The van der Waals surface area contributed by atoms with Crippen LogP contribution >= 0.6 is 11.8 Å². The van der Waals surface area contributed by atoms with Crippen molar-refractivity contribution in [1.29, 1.82) is 0 Å². The molecule has 0 spiro atoms. The van der Waals surface area contributed by atoms with Crippen molar-refractivity contribution in [2.75, 3.05) is 13.1 Å². The third-order valence-electron chi connectivity index (χ3n) is 9.30. The van der Waals surface area contributed by atoms with E-state index in [0.717, 1.165) is 23.9 Å². The lowest BCUT2D eigenvalue weighted by Crippen LogP contribution is -2.61. The van der Waals surface area contributed by atoms with Gasteiger partial charge < -0.3 is 26.0 Å². The molecule has 5 atom stereocenters. The minimum atomic E-state index is -1.10. The summed E-state index contributed by atoms with van der Waals surface area (Å²) >= 11 is 1.80. The van der Waals surface area contributed by atoms with Crippen LogP contribution in [0.1, 0.15) is 63.5 Å². The first-order chi connectivity index (χ1) is 24.4. The molecule has 1 fully saturated rings. The molecule has 0 saturated carbocycles. The Balaban J connectivity index is 1.32. The molecular weight excluding hydrogens is 659 g/mol. The molecule has 270 valence electrons. The van der Waals surface area contributed by atoms with Crippen molar-refractivity contribution in [2.45, 2.75) is 93.8 Å². The van der Waals surface area contributed by atoms with Gasteiger partial charge in [0.2, 0.25) is 11.8 Å². The van der Waals surface area contributed by atoms with Crippen LogP contribution in [0, 0.1) is 5.92 Å². The van der Waals surface area contributed by atoms with Gasteiger partial charge in [-0.2, -0.15) is 0 Å². The number of aliphatic hydroxyl groups is 1. The average Bonchev–Trinajstić information content (AvgIpc) is 3.12. The zero-order valence-corrected chi connectivity index (χ0v) is 31.0. The third kappa shape index (κ3) is 10.4. The van der Waals surface area contributed by atoms with Crippen LogP contribution < -0.4 is 16.0 Å². The summed E-state index contributed by atoms with van der Waals surface area (Å²) < 4.78 is 0. The highest BCUT2D eigenvalue weighted by molar-refractivity contribution is 8.00. The van der Waals surface area contributed by atoms with E-state index in [4.69, 9.17) is 0 Å². The summed E-state index contributed by atoms with van der Waals surface area (Å²) in [7, 11) is 0. The number of nitrogens with one attached hydrogen (secondary N) is 3. The van der Waals surface area contributed by atoms with Gasteiger partial charge in [-0.05, 0) is 82.3 Å². The number of β-amino-alcohol motifs (C(OH)–C–C–N with tert-alkyl or cyclic N) is 1. The Kier molecular flexibility index (Phi) is 12.9. The highest BCUT2D eigenvalue weighted by Crippen LogP contribution is 2.31. The predicted molar refractivity (Wildman–Crippen MR) is 204 cm³/mol. The fourth-order valence-corrected chi connectivity index (χ4v) is 7.66. The summed E-state index contributed by atoms with van der Waals surface area (Å²) in [6, 6.07) is 28.9. The van der Waals surface area contributed by atoms with Gasteiger partial charge in [-0.25, -0.2) is 4.98 Å². The standard InChI is InChI=1S/C41H51N5O4S/c1-27(2)37(45-38(48)33-21-20-29-16-12-13-19-32(29)43-33)39(49)44-34(24-28-14-8-6-9-15-28)36(47)26-46(41(3,4)5)40(50)35-25-31(22-23-42-35)51-30-17-10-7-11-18-30/h6-21,27,31,34-37,42,47H,22-26H2,1-5H3,(H,44,49)(H,45,48)/t31-,34+,35+,36-,37+/m1/s1. The number of fused-ring (bicyclic) bond motifs is 1.